The Morgan fingerprint density at radius 3 is 2.85 bits per heavy atom. The molecule has 0 saturated carbocycles. The molecule has 0 aliphatic carbocycles. The lowest BCUT2D eigenvalue weighted by atomic mass is 9.97. The highest BCUT2D eigenvalue weighted by Gasteiger charge is 2.32. The second-order valence-electron chi connectivity index (χ2n) is 5.95. The van der Waals surface area contributed by atoms with Gasteiger partial charge in [0.1, 0.15) is 0 Å². The number of benzene rings is 1. The third kappa shape index (κ3) is 2.86. The van der Waals surface area contributed by atoms with Crippen LogP contribution in [0.25, 0.3) is 0 Å². The highest BCUT2D eigenvalue weighted by Crippen LogP contribution is 2.30. The quantitative estimate of drug-likeness (QED) is 0.929. The van der Waals surface area contributed by atoms with Crippen molar-refractivity contribution in [2.24, 2.45) is 5.73 Å². The first kappa shape index (κ1) is 14.3. The van der Waals surface area contributed by atoms with Crippen molar-refractivity contribution in [2.75, 3.05) is 32.7 Å². The van der Waals surface area contributed by atoms with Gasteiger partial charge in [0.05, 0.1) is 0 Å². The summed E-state index contributed by atoms with van der Waals surface area (Å²) in [5, 5.41) is 0.842. The van der Waals surface area contributed by atoms with Gasteiger partial charge in [-0.05, 0) is 31.0 Å². The largest absolute Gasteiger partial charge is 0.329 e. The van der Waals surface area contributed by atoms with Gasteiger partial charge in [0, 0.05) is 43.3 Å². The lowest BCUT2D eigenvalue weighted by molar-refractivity contribution is 0.0286. The number of piperidine rings is 1. The van der Waals surface area contributed by atoms with Crippen molar-refractivity contribution >= 4 is 11.6 Å². The highest BCUT2D eigenvalue weighted by atomic mass is 35.5. The third-order valence-corrected chi connectivity index (χ3v) is 5.14. The van der Waals surface area contributed by atoms with Crippen molar-refractivity contribution < 1.29 is 0 Å². The molecule has 0 amide bonds. The minimum Gasteiger partial charge on any atom is -0.329 e. The number of nitrogens with two attached hydrogens (primary N) is 1. The molecule has 2 N–H and O–H groups in total. The summed E-state index contributed by atoms with van der Waals surface area (Å²) in [6, 6.07) is 9.10. The lowest BCUT2D eigenvalue weighted by Gasteiger charge is -2.46. The fraction of sp³-hybridized carbons (Fsp3) is 0.625. The van der Waals surface area contributed by atoms with Crippen LogP contribution in [0.5, 0.6) is 0 Å². The van der Waals surface area contributed by atoms with Crippen LogP contribution in [-0.4, -0.2) is 48.6 Å². The second-order valence-corrected chi connectivity index (χ2v) is 6.36. The molecule has 0 spiro atoms. The Morgan fingerprint density at radius 2 is 2.05 bits per heavy atom. The Morgan fingerprint density at radius 1 is 1.20 bits per heavy atom. The van der Waals surface area contributed by atoms with E-state index in [0.29, 0.717) is 12.6 Å². The summed E-state index contributed by atoms with van der Waals surface area (Å²) in [5.41, 5.74) is 7.24. The van der Waals surface area contributed by atoms with E-state index in [1.807, 2.05) is 12.1 Å². The van der Waals surface area contributed by atoms with E-state index in [4.69, 9.17) is 17.3 Å². The Balaban J connectivity index is 1.75. The van der Waals surface area contributed by atoms with E-state index in [0.717, 1.165) is 18.1 Å². The zero-order valence-corrected chi connectivity index (χ0v) is 12.7. The zero-order chi connectivity index (χ0) is 13.9. The van der Waals surface area contributed by atoms with E-state index in [1.165, 1.54) is 37.9 Å². The summed E-state index contributed by atoms with van der Waals surface area (Å²) in [6.07, 6.45) is 4.06. The molecule has 4 heteroatoms. The predicted octanol–water partition coefficient (Wildman–Crippen LogP) is 2.51. The second kappa shape index (κ2) is 6.44. The van der Waals surface area contributed by atoms with Crippen LogP contribution in [0, 0.1) is 0 Å². The summed E-state index contributed by atoms with van der Waals surface area (Å²) in [7, 11) is 0. The minimum absolute atomic E-state index is 0.257. The molecule has 20 heavy (non-hydrogen) atoms. The molecule has 110 valence electrons. The van der Waals surface area contributed by atoms with E-state index >= 15 is 0 Å². The van der Waals surface area contributed by atoms with Gasteiger partial charge in [0.15, 0.2) is 0 Å². The molecule has 2 fully saturated rings. The van der Waals surface area contributed by atoms with Gasteiger partial charge in [-0.3, -0.25) is 9.80 Å². The number of nitrogens with zero attached hydrogens (tertiary/aromatic N) is 2. The average Bonchev–Trinajstić information content (AvgIpc) is 2.50. The van der Waals surface area contributed by atoms with E-state index in [1.54, 1.807) is 0 Å². The Hall–Kier alpha value is -0.610. The summed E-state index contributed by atoms with van der Waals surface area (Å²) < 4.78 is 0. The SMILES string of the molecule is NCC(c1ccccc1Cl)N1CCN2CCCCC2C1. The maximum absolute atomic E-state index is 6.36. The highest BCUT2D eigenvalue weighted by molar-refractivity contribution is 6.31. The fourth-order valence-electron chi connectivity index (χ4n) is 3.68. The van der Waals surface area contributed by atoms with E-state index in [9.17, 15) is 0 Å². The van der Waals surface area contributed by atoms with E-state index < -0.39 is 0 Å². The van der Waals surface area contributed by atoms with Crippen LogP contribution in [0.1, 0.15) is 30.9 Å². The first-order chi connectivity index (χ1) is 9.79. The van der Waals surface area contributed by atoms with Crippen LogP contribution < -0.4 is 5.73 Å². The number of fused-ring (bicyclic) bond motifs is 1. The smallest absolute Gasteiger partial charge is 0.0486 e. The molecule has 3 nitrogen and oxygen atoms in total. The standard InChI is InChI=1S/C16H24ClN3/c17-15-7-2-1-6-14(15)16(11-18)20-10-9-19-8-4-3-5-13(19)12-20/h1-2,6-7,13,16H,3-5,8-12,18H2. The molecule has 2 unspecified atom stereocenters. The molecule has 1 aromatic rings. The van der Waals surface area contributed by atoms with Crippen LogP contribution in [-0.2, 0) is 0 Å². The summed E-state index contributed by atoms with van der Waals surface area (Å²) >= 11 is 6.36. The van der Waals surface area contributed by atoms with Gasteiger partial charge in [-0.2, -0.15) is 0 Å². The van der Waals surface area contributed by atoms with Crippen LogP contribution in [0.4, 0.5) is 0 Å². The zero-order valence-electron chi connectivity index (χ0n) is 12.0. The van der Waals surface area contributed by atoms with Gasteiger partial charge in [-0.1, -0.05) is 36.2 Å². The fourth-order valence-corrected chi connectivity index (χ4v) is 3.94. The monoisotopic (exact) mass is 293 g/mol. The van der Waals surface area contributed by atoms with Crippen LogP contribution in [0.3, 0.4) is 0 Å². The summed E-state index contributed by atoms with van der Waals surface area (Å²) in [5.74, 6) is 0. The first-order valence-corrected chi connectivity index (χ1v) is 8.10. The van der Waals surface area contributed by atoms with Crippen molar-refractivity contribution in [3.05, 3.63) is 34.9 Å². The molecule has 2 saturated heterocycles. The van der Waals surface area contributed by atoms with E-state index in [2.05, 4.69) is 21.9 Å². The molecule has 2 atom stereocenters. The van der Waals surface area contributed by atoms with E-state index in [-0.39, 0.29) is 6.04 Å². The maximum atomic E-state index is 6.36. The molecule has 0 aromatic heterocycles. The normalized spacial score (nSPS) is 26.2. The molecule has 0 bridgehead atoms. The summed E-state index contributed by atoms with van der Waals surface area (Å²) in [6.45, 7) is 5.32. The van der Waals surface area contributed by atoms with Crippen molar-refractivity contribution in [3.8, 4) is 0 Å². The van der Waals surface area contributed by atoms with Gasteiger partial charge >= 0.3 is 0 Å². The number of hydrogen-bond acceptors (Lipinski definition) is 3. The molecule has 0 radical (unpaired) electrons. The molecule has 3 rings (SSSR count). The Kier molecular flexibility index (Phi) is 4.61. The minimum atomic E-state index is 0.257. The van der Waals surface area contributed by atoms with Crippen molar-refractivity contribution in [1.82, 2.24) is 9.80 Å². The lowest BCUT2D eigenvalue weighted by Crippen LogP contribution is -2.56. The maximum Gasteiger partial charge on any atom is 0.0486 e. The number of hydrogen-bond donors (Lipinski definition) is 1. The molecule has 2 aliphatic rings. The number of halogens is 1. The Bertz CT molecular complexity index is 451. The molecule has 2 heterocycles. The van der Waals surface area contributed by atoms with Crippen LogP contribution in [0.15, 0.2) is 24.3 Å². The van der Waals surface area contributed by atoms with Gasteiger partial charge in [-0.15, -0.1) is 0 Å². The van der Waals surface area contributed by atoms with Crippen molar-refractivity contribution in [3.63, 3.8) is 0 Å². The first-order valence-electron chi connectivity index (χ1n) is 7.72. The van der Waals surface area contributed by atoms with Crippen LogP contribution >= 0.6 is 11.6 Å². The number of rotatable bonds is 3. The average molecular weight is 294 g/mol. The van der Waals surface area contributed by atoms with Crippen molar-refractivity contribution in [1.29, 1.82) is 0 Å². The Labute approximate surface area is 126 Å². The predicted molar refractivity (Wildman–Crippen MR) is 84.0 cm³/mol. The number of piperazine rings is 1. The molecular weight excluding hydrogens is 270 g/mol. The van der Waals surface area contributed by atoms with Gasteiger partial charge < -0.3 is 5.73 Å². The van der Waals surface area contributed by atoms with Crippen molar-refractivity contribution in [2.45, 2.75) is 31.3 Å². The third-order valence-electron chi connectivity index (χ3n) is 4.80. The van der Waals surface area contributed by atoms with Crippen LogP contribution in [0.2, 0.25) is 5.02 Å². The van der Waals surface area contributed by atoms with Gasteiger partial charge in [0.25, 0.3) is 0 Å². The molecular formula is C16H24ClN3. The van der Waals surface area contributed by atoms with Gasteiger partial charge in [0.2, 0.25) is 0 Å². The summed E-state index contributed by atoms with van der Waals surface area (Å²) in [4.78, 5) is 5.19. The molecule has 2 aliphatic heterocycles. The topological polar surface area (TPSA) is 32.5 Å². The molecule has 1 aromatic carbocycles. The van der Waals surface area contributed by atoms with Gasteiger partial charge in [-0.25, -0.2) is 0 Å².